The number of ether oxygens (including phenoxy) is 1. The first-order chi connectivity index (χ1) is 16.0. The largest absolute Gasteiger partial charge is 0.419 e. The monoisotopic (exact) mass is 486 g/mol. The molecule has 9 nitrogen and oxygen atoms in total. The molecule has 4 N–H and O–H groups in total. The van der Waals surface area contributed by atoms with Crippen molar-refractivity contribution in [3.63, 3.8) is 0 Å². The minimum absolute atomic E-state index is 0.0149. The number of nitrogens with one attached hydrogen (secondary N) is 2. The van der Waals surface area contributed by atoms with Gasteiger partial charge in [-0.05, 0) is 52.5 Å². The number of carbonyl (C=O) groups excluding carboxylic acids is 2. The highest BCUT2D eigenvalue weighted by Gasteiger charge is 2.64. The number of alkyl halides is 3. The molecule has 1 aliphatic heterocycles. The van der Waals surface area contributed by atoms with Gasteiger partial charge in [-0.3, -0.25) is 19.2 Å². The predicted molar refractivity (Wildman–Crippen MR) is 118 cm³/mol. The third kappa shape index (κ3) is 4.55. The zero-order valence-electron chi connectivity index (χ0n) is 19.6. The molecule has 4 rings (SSSR count). The molecular weight excluding hydrogens is 453 g/mol. The molecule has 1 aromatic rings. The standard InChI is InChI=1S/C22H33F3N6O3/c1-3-34-21(22(23,24)25)12-30(13-21)15-6-8-20(9-7-15,11-27-2)31-10-16(17(26)32)18(29-31)28-19(33)14-4-5-14/h10,14-15,27H,3-9,11-13H2,1-2H3,(H2,26,32)(H,28,29,33). The summed E-state index contributed by atoms with van der Waals surface area (Å²) in [6.07, 6.45) is 1.48. The molecule has 0 atom stereocenters. The summed E-state index contributed by atoms with van der Waals surface area (Å²) < 4.78 is 47.4. The highest BCUT2D eigenvalue weighted by atomic mass is 19.4. The molecule has 0 unspecified atom stereocenters. The van der Waals surface area contributed by atoms with Gasteiger partial charge in [0.25, 0.3) is 5.91 Å². The van der Waals surface area contributed by atoms with E-state index in [1.54, 1.807) is 17.8 Å². The fourth-order valence-electron chi connectivity index (χ4n) is 5.27. The first kappa shape index (κ1) is 24.9. The van der Waals surface area contributed by atoms with Crippen molar-refractivity contribution < 1.29 is 27.5 Å². The number of aromatic nitrogens is 2. The van der Waals surface area contributed by atoms with E-state index in [9.17, 15) is 22.8 Å². The zero-order valence-corrected chi connectivity index (χ0v) is 19.6. The Morgan fingerprint density at radius 3 is 2.38 bits per heavy atom. The van der Waals surface area contributed by atoms with E-state index in [4.69, 9.17) is 10.5 Å². The fraction of sp³-hybridized carbons (Fsp3) is 0.773. The predicted octanol–water partition coefficient (Wildman–Crippen LogP) is 1.84. The SMILES string of the molecule is CCOC1(C(F)(F)F)CN(C2CCC(CNC)(n3cc(C(N)=O)c(NC(=O)C4CC4)n3)CC2)C1. The number of primary amides is 1. The maximum Gasteiger partial charge on any atom is 0.419 e. The van der Waals surface area contributed by atoms with E-state index in [2.05, 4.69) is 15.7 Å². The van der Waals surface area contributed by atoms with Gasteiger partial charge in [0.1, 0.15) is 5.56 Å². The maximum atomic E-state index is 13.5. The van der Waals surface area contributed by atoms with Crippen LogP contribution in [0.2, 0.25) is 0 Å². The third-order valence-electron chi connectivity index (χ3n) is 7.42. The molecular formula is C22H33F3N6O3. The first-order valence-electron chi connectivity index (χ1n) is 11.8. The number of rotatable bonds is 9. The van der Waals surface area contributed by atoms with Crippen LogP contribution in [-0.4, -0.2) is 77.6 Å². The number of anilines is 1. The molecule has 0 spiro atoms. The van der Waals surface area contributed by atoms with E-state index in [0.717, 1.165) is 12.8 Å². The van der Waals surface area contributed by atoms with Crippen molar-refractivity contribution in [2.24, 2.45) is 11.7 Å². The van der Waals surface area contributed by atoms with Gasteiger partial charge in [0.05, 0.1) is 5.54 Å². The van der Waals surface area contributed by atoms with E-state index in [0.29, 0.717) is 32.2 Å². The van der Waals surface area contributed by atoms with Crippen molar-refractivity contribution in [1.29, 1.82) is 0 Å². The Morgan fingerprint density at radius 2 is 1.88 bits per heavy atom. The normalized spacial score (nSPS) is 27.3. The van der Waals surface area contributed by atoms with Crippen LogP contribution in [0, 0.1) is 5.92 Å². The molecule has 1 aromatic heterocycles. The molecule has 0 radical (unpaired) electrons. The van der Waals surface area contributed by atoms with Crippen LogP contribution in [-0.2, 0) is 15.1 Å². The molecule has 3 fully saturated rings. The lowest BCUT2D eigenvalue weighted by Gasteiger charge is -2.55. The number of carbonyl (C=O) groups is 2. The number of hydrogen-bond acceptors (Lipinski definition) is 6. The average molecular weight is 487 g/mol. The van der Waals surface area contributed by atoms with Crippen molar-refractivity contribution in [3.8, 4) is 0 Å². The van der Waals surface area contributed by atoms with Gasteiger partial charge in [-0.1, -0.05) is 0 Å². The summed E-state index contributed by atoms with van der Waals surface area (Å²) in [4.78, 5) is 26.1. The van der Waals surface area contributed by atoms with E-state index in [-0.39, 0.29) is 48.9 Å². The van der Waals surface area contributed by atoms with Crippen LogP contribution >= 0.6 is 0 Å². The quantitative estimate of drug-likeness (QED) is 0.491. The van der Waals surface area contributed by atoms with Gasteiger partial charge in [0, 0.05) is 44.4 Å². The Balaban J connectivity index is 1.47. The number of likely N-dealkylation sites (tertiary alicyclic amines) is 1. The Morgan fingerprint density at radius 1 is 1.24 bits per heavy atom. The fourth-order valence-corrected chi connectivity index (χ4v) is 5.27. The average Bonchev–Trinajstić information content (AvgIpc) is 3.50. The second-order valence-electron chi connectivity index (χ2n) is 9.78. The number of hydrogen-bond donors (Lipinski definition) is 3. The summed E-state index contributed by atoms with van der Waals surface area (Å²) in [5.74, 6) is -0.731. The van der Waals surface area contributed by atoms with Gasteiger partial charge < -0.3 is 21.1 Å². The van der Waals surface area contributed by atoms with Gasteiger partial charge in [0.15, 0.2) is 11.4 Å². The number of amides is 2. The maximum absolute atomic E-state index is 13.5. The van der Waals surface area contributed by atoms with Gasteiger partial charge in [-0.2, -0.15) is 18.3 Å². The Hall–Kier alpha value is -2.18. The lowest BCUT2D eigenvalue weighted by molar-refractivity contribution is -0.322. The molecule has 0 bridgehead atoms. The highest BCUT2D eigenvalue weighted by Crippen LogP contribution is 2.45. The van der Waals surface area contributed by atoms with Crippen LogP contribution in [0.4, 0.5) is 19.0 Å². The smallest absolute Gasteiger partial charge is 0.365 e. The topological polar surface area (TPSA) is 115 Å². The van der Waals surface area contributed by atoms with Gasteiger partial charge in [-0.15, -0.1) is 0 Å². The minimum Gasteiger partial charge on any atom is -0.365 e. The Kier molecular flexibility index (Phi) is 6.69. The molecule has 2 amide bonds. The lowest BCUT2D eigenvalue weighted by Crippen LogP contribution is -2.72. The summed E-state index contributed by atoms with van der Waals surface area (Å²) in [5, 5.41) is 10.5. The Labute approximate surface area is 196 Å². The summed E-state index contributed by atoms with van der Waals surface area (Å²) in [5.41, 5.74) is 3.14. The lowest BCUT2D eigenvalue weighted by atomic mass is 9.77. The van der Waals surface area contributed by atoms with Crippen LogP contribution < -0.4 is 16.4 Å². The number of nitrogens with two attached hydrogens (primary N) is 1. The van der Waals surface area contributed by atoms with Crippen molar-refractivity contribution >= 4 is 17.6 Å². The van der Waals surface area contributed by atoms with Crippen molar-refractivity contribution in [3.05, 3.63) is 11.8 Å². The van der Waals surface area contributed by atoms with Crippen LogP contribution in [0.5, 0.6) is 0 Å². The van der Waals surface area contributed by atoms with E-state index in [1.165, 1.54) is 0 Å². The highest BCUT2D eigenvalue weighted by molar-refractivity contribution is 6.02. The molecule has 3 aliphatic rings. The van der Waals surface area contributed by atoms with Crippen molar-refractivity contribution in [1.82, 2.24) is 20.0 Å². The summed E-state index contributed by atoms with van der Waals surface area (Å²) in [6, 6.07) is 0.0149. The second-order valence-corrected chi connectivity index (χ2v) is 9.78. The molecule has 0 aromatic carbocycles. The van der Waals surface area contributed by atoms with E-state index < -0.39 is 23.2 Å². The summed E-state index contributed by atoms with van der Waals surface area (Å²) in [6.45, 7) is 1.85. The second kappa shape index (κ2) is 9.12. The number of nitrogens with zero attached hydrogens (tertiary/aromatic N) is 3. The third-order valence-corrected chi connectivity index (χ3v) is 7.42. The molecule has 2 heterocycles. The van der Waals surface area contributed by atoms with Crippen molar-refractivity contribution in [2.75, 3.05) is 38.6 Å². The molecule has 12 heteroatoms. The summed E-state index contributed by atoms with van der Waals surface area (Å²) >= 11 is 0. The van der Waals surface area contributed by atoms with Gasteiger partial charge >= 0.3 is 6.18 Å². The van der Waals surface area contributed by atoms with Crippen molar-refractivity contribution in [2.45, 2.75) is 68.8 Å². The van der Waals surface area contributed by atoms with Crippen LogP contribution in [0.1, 0.15) is 55.8 Å². The molecule has 1 saturated heterocycles. The molecule has 2 aliphatic carbocycles. The first-order valence-corrected chi connectivity index (χ1v) is 11.8. The van der Waals surface area contributed by atoms with Crippen LogP contribution in [0.25, 0.3) is 0 Å². The molecule has 190 valence electrons. The van der Waals surface area contributed by atoms with E-state index in [1.807, 2.05) is 11.9 Å². The minimum atomic E-state index is -4.40. The van der Waals surface area contributed by atoms with Gasteiger partial charge in [-0.25, -0.2) is 0 Å². The Bertz CT molecular complexity index is 915. The van der Waals surface area contributed by atoms with Crippen LogP contribution in [0.15, 0.2) is 6.20 Å². The molecule has 2 saturated carbocycles. The van der Waals surface area contributed by atoms with E-state index >= 15 is 0 Å². The van der Waals surface area contributed by atoms with Crippen LogP contribution in [0.3, 0.4) is 0 Å². The van der Waals surface area contributed by atoms with Gasteiger partial charge in [0.2, 0.25) is 5.91 Å². The number of halogens is 3. The summed E-state index contributed by atoms with van der Waals surface area (Å²) in [7, 11) is 1.82. The molecule has 34 heavy (non-hydrogen) atoms. The number of likely N-dealkylation sites (N-methyl/N-ethyl adjacent to an activating group) is 1. The zero-order chi connectivity index (χ0) is 24.7.